The Kier molecular flexibility index (Phi) is 1.37. The van der Waals surface area contributed by atoms with Gasteiger partial charge in [-0.25, -0.2) is 0 Å². The molecule has 66 valence electrons. The van der Waals surface area contributed by atoms with Crippen molar-refractivity contribution >= 4 is 11.0 Å². The molecule has 3 heterocycles. The first-order valence-electron chi connectivity index (χ1n) is 4.47. The normalized spacial score (nSPS) is 16.0. The van der Waals surface area contributed by atoms with E-state index in [9.17, 15) is 0 Å². The van der Waals surface area contributed by atoms with Gasteiger partial charge in [-0.15, -0.1) is 5.10 Å². The molecule has 0 bridgehead atoms. The predicted octanol–water partition coefficient (Wildman–Crippen LogP) is 0.604. The second-order valence-electron chi connectivity index (χ2n) is 3.30. The maximum absolute atomic E-state index is 4.05. The Morgan fingerprint density at radius 1 is 1.38 bits per heavy atom. The van der Waals surface area contributed by atoms with Crippen LogP contribution in [0.3, 0.4) is 0 Å². The van der Waals surface area contributed by atoms with Gasteiger partial charge in [-0.1, -0.05) is 0 Å². The molecule has 2 aromatic heterocycles. The lowest BCUT2D eigenvalue weighted by Gasteiger charge is -2.11. The summed E-state index contributed by atoms with van der Waals surface area (Å²) in [6.07, 6.45) is 2.80. The van der Waals surface area contributed by atoms with E-state index in [0.29, 0.717) is 0 Å². The topological polar surface area (TPSA) is 53.6 Å². The SMILES string of the molecule is c1cc2c3c([nH]c2nn1)CCNC3. The molecule has 0 saturated heterocycles. The largest absolute Gasteiger partial charge is 0.341 e. The second kappa shape index (κ2) is 2.53. The fraction of sp³-hybridized carbons (Fsp3) is 0.333. The molecule has 0 amide bonds. The first-order chi connectivity index (χ1) is 6.45. The molecule has 0 unspecified atom stereocenters. The van der Waals surface area contributed by atoms with Gasteiger partial charge >= 0.3 is 0 Å². The Labute approximate surface area is 75.4 Å². The summed E-state index contributed by atoms with van der Waals surface area (Å²) < 4.78 is 0. The van der Waals surface area contributed by atoms with Crippen molar-refractivity contribution in [2.75, 3.05) is 6.54 Å². The van der Waals surface area contributed by atoms with Gasteiger partial charge in [0.1, 0.15) is 0 Å². The molecule has 3 rings (SSSR count). The lowest BCUT2D eigenvalue weighted by atomic mass is 10.1. The molecule has 0 saturated carbocycles. The van der Waals surface area contributed by atoms with E-state index in [-0.39, 0.29) is 0 Å². The van der Waals surface area contributed by atoms with E-state index in [1.54, 1.807) is 6.20 Å². The van der Waals surface area contributed by atoms with E-state index in [1.165, 1.54) is 16.6 Å². The lowest BCUT2D eigenvalue weighted by molar-refractivity contribution is 0.640. The van der Waals surface area contributed by atoms with E-state index in [0.717, 1.165) is 25.2 Å². The van der Waals surface area contributed by atoms with E-state index >= 15 is 0 Å². The van der Waals surface area contributed by atoms with Crippen LogP contribution >= 0.6 is 0 Å². The summed E-state index contributed by atoms with van der Waals surface area (Å²) in [6.45, 7) is 1.99. The maximum Gasteiger partial charge on any atom is 0.160 e. The van der Waals surface area contributed by atoms with Gasteiger partial charge in [-0.2, -0.15) is 5.10 Å². The highest BCUT2D eigenvalue weighted by atomic mass is 15.1. The predicted molar refractivity (Wildman–Crippen MR) is 49.3 cm³/mol. The zero-order chi connectivity index (χ0) is 8.67. The van der Waals surface area contributed by atoms with Crippen LogP contribution in [0.4, 0.5) is 0 Å². The molecule has 2 N–H and O–H groups in total. The third-order valence-corrected chi connectivity index (χ3v) is 2.53. The monoisotopic (exact) mass is 174 g/mol. The van der Waals surface area contributed by atoms with Gasteiger partial charge in [-0.05, 0) is 11.6 Å². The number of aromatic amines is 1. The van der Waals surface area contributed by atoms with Crippen LogP contribution < -0.4 is 5.32 Å². The molecule has 0 aromatic carbocycles. The van der Waals surface area contributed by atoms with Crippen LogP contribution in [0.2, 0.25) is 0 Å². The quantitative estimate of drug-likeness (QED) is 0.615. The molecule has 0 radical (unpaired) electrons. The Hall–Kier alpha value is -1.42. The molecule has 0 spiro atoms. The van der Waals surface area contributed by atoms with Gasteiger partial charge in [0.15, 0.2) is 5.65 Å². The number of H-pyrrole nitrogens is 1. The van der Waals surface area contributed by atoms with Gasteiger partial charge in [0, 0.05) is 30.6 Å². The van der Waals surface area contributed by atoms with Gasteiger partial charge in [0.2, 0.25) is 0 Å². The molecular weight excluding hydrogens is 164 g/mol. The summed E-state index contributed by atoms with van der Waals surface area (Å²) in [4.78, 5) is 3.30. The fourth-order valence-corrected chi connectivity index (χ4v) is 1.89. The Morgan fingerprint density at radius 2 is 2.38 bits per heavy atom. The van der Waals surface area contributed by atoms with Crippen molar-refractivity contribution in [2.24, 2.45) is 0 Å². The van der Waals surface area contributed by atoms with Crippen LogP contribution in [0.25, 0.3) is 11.0 Å². The first kappa shape index (κ1) is 7.03. The lowest BCUT2D eigenvalue weighted by Crippen LogP contribution is -2.22. The number of hydrogen-bond acceptors (Lipinski definition) is 3. The number of nitrogens with one attached hydrogen (secondary N) is 2. The van der Waals surface area contributed by atoms with E-state index < -0.39 is 0 Å². The van der Waals surface area contributed by atoms with Crippen LogP contribution in [-0.2, 0) is 13.0 Å². The molecule has 0 aliphatic carbocycles. The van der Waals surface area contributed by atoms with E-state index in [2.05, 4.69) is 20.5 Å². The third kappa shape index (κ3) is 0.954. The summed E-state index contributed by atoms with van der Waals surface area (Å²) in [6, 6.07) is 2.02. The minimum Gasteiger partial charge on any atom is -0.341 e. The Balaban J connectivity index is 2.34. The van der Waals surface area contributed by atoms with Crippen LogP contribution in [0.1, 0.15) is 11.3 Å². The molecule has 4 heteroatoms. The highest BCUT2D eigenvalue weighted by molar-refractivity contribution is 5.80. The molecule has 0 fully saturated rings. The van der Waals surface area contributed by atoms with Gasteiger partial charge in [0.25, 0.3) is 0 Å². The van der Waals surface area contributed by atoms with Crippen molar-refractivity contribution in [2.45, 2.75) is 13.0 Å². The van der Waals surface area contributed by atoms with Crippen molar-refractivity contribution in [3.8, 4) is 0 Å². The van der Waals surface area contributed by atoms with Crippen molar-refractivity contribution in [1.29, 1.82) is 0 Å². The summed E-state index contributed by atoms with van der Waals surface area (Å²) in [7, 11) is 0. The van der Waals surface area contributed by atoms with Crippen molar-refractivity contribution in [1.82, 2.24) is 20.5 Å². The zero-order valence-electron chi connectivity index (χ0n) is 7.17. The van der Waals surface area contributed by atoms with Gasteiger partial charge in [-0.3, -0.25) is 0 Å². The maximum atomic E-state index is 4.05. The van der Waals surface area contributed by atoms with Crippen molar-refractivity contribution in [3.63, 3.8) is 0 Å². The second-order valence-corrected chi connectivity index (χ2v) is 3.30. The Morgan fingerprint density at radius 3 is 3.38 bits per heavy atom. The van der Waals surface area contributed by atoms with Crippen LogP contribution in [0.15, 0.2) is 12.3 Å². The molecule has 2 aromatic rings. The van der Waals surface area contributed by atoms with Crippen LogP contribution in [0.5, 0.6) is 0 Å². The number of hydrogen-bond donors (Lipinski definition) is 2. The number of rotatable bonds is 0. The van der Waals surface area contributed by atoms with Gasteiger partial charge < -0.3 is 10.3 Å². The van der Waals surface area contributed by atoms with E-state index in [4.69, 9.17) is 0 Å². The van der Waals surface area contributed by atoms with Crippen LogP contribution in [0, 0.1) is 0 Å². The molecule has 1 aliphatic rings. The Bertz CT molecular complexity index is 446. The van der Waals surface area contributed by atoms with E-state index in [1.807, 2.05) is 6.07 Å². The highest BCUT2D eigenvalue weighted by Crippen LogP contribution is 2.22. The summed E-state index contributed by atoms with van der Waals surface area (Å²) in [5.41, 5.74) is 3.58. The third-order valence-electron chi connectivity index (χ3n) is 2.53. The first-order valence-corrected chi connectivity index (χ1v) is 4.47. The summed E-state index contributed by atoms with van der Waals surface area (Å²) >= 11 is 0. The summed E-state index contributed by atoms with van der Waals surface area (Å²) in [5, 5.41) is 12.5. The number of aromatic nitrogens is 3. The smallest absolute Gasteiger partial charge is 0.160 e. The summed E-state index contributed by atoms with van der Waals surface area (Å²) in [5.74, 6) is 0. The minimum atomic E-state index is 0.913. The average Bonchev–Trinajstić information content (AvgIpc) is 2.56. The zero-order valence-corrected chi connectivity index (χ0v) is 7.17. The number of nitrogens with zero attached hydrogens (tertiary/aromatic N) is 2. The van der Waals surface area contributed by atoms with Gasteiger partial charge in [0.05, 0.1) is 6.20 Å². The number of fused-ring (bicyclic) bond motifs is 3. The molecule has 0 atom stereocenters. The molecule has 13 heavy (non-hydrogen) atoms. The van der Waals surface area contributed by atoms with Crippen LogP contribution in [-0.4, -0.2) is 21.7 Å². The highest BCUT2D eigenvalue weighted by Gasteiger charge is 2.14. The average molecular weight is 174 g/mol. The van der Waals surface area contributed by atoms with Crippen molar-refractivity contribution < 1.29 is 0 Å². The molecule has 4 nitrogen and oxygen atoms in total. The molecule has 1 aliphatic heterocycles. The fourth-order valence-electron chi connectivity index (χ4n) is 1.89. The van der Waals surface area contributed by atoms with Crippen molar-refractivity contribution in [3.05, 3.63) is 23.5 Å². The standard InChI is InChI=1S/C9H10N4/c1-4-11-13-9-6(1)7-5-10-3-2-8(7)12-9/h1,4,10H,2-3,5H2,(H,12,13). The molecular formula is C9H10N4. The minimum absolute atomic E-state index is 0.913.